The zero-order valence-electron chi connectivity index (χ0n) is 22.7. The van der Waals surface area contributed by atoms with Crippen molar-refractivity contribution >= 4 is 44.0 Å². The maximum atomic E-state index is 13.6. The number of amides is 1. The highest BCUT2D eigenvalue weighted by Crippen LogP contribution is 2.52. The Morgan fingerprint density at radius 1 is 1.05 bits per heavy atom. The fraction of sp³-hybridized carbons (Fsp3) is 0.448. The van der Waals surface area contributed by atoms with Gasteiger partial charge < -0.3 is 13.5 Å². The van der Waals surface area contributed by atoms with Crippen LogP contribution in [0, 0.1) is 11.8 Å². The van der Waals surface area contributed by atoms with Crippen molar-refractivity contribution in [2.75, 3.05) is 0 Å². The van der Waals surface area contributed by atoms with E-state index in [0.717, 1.165) is 27.6 Å². The summed E-state index contributed by atoms with van der Waals surface area (Å²) in [7, 11) is -2.06. The van der Waals surface area contributed by atoms with E-state index in [-0.39, 0.29) is 34.9 Å². The molecule has 5 nitrogen and oxygen atoms in total. The normalized spacial score (nSPS) is 22.5. The van der Waals surface area contributed by atoms with E-state index in [4.69, 9.17) is 8.61 Å². The fourth-order valence-electron chi connectivity index (χ4n) is 4.74. The quantitative estimate of drug-likeness (QED) is 0.184. The van der Waals surface area contributed by atoms with Crippen LogP contribution in [0.4, 0.5) is 0 Å². The lowest BCUT2D eigenvalue weighted by Crippen LogP contribution is -2.65. The summed E-state index contributed by atoms with van der Waals surface area (Å²) in [6.07, 6.45) is -0.216. The molecule has 37 heavy (non-hydrogen) atoms. The highest BCUT2D eigenvalue weighted by atomic mass is 32.2. The second-order valence-electron chi connectivity index (χ2n) is 11.4. The van der Waals surface area contributed by atoms with Crippen LogP contribution in [-0.4, -0.2) is 37.2 Å². The van der Waals surface area contributed by atoms with Crippen molar-refractivity contribution in [3.05, 3.63) is 76.8 Å². The van der Waals surface area contributed by atoms with E-state index in [1.54, 1.807) is 16.7 Å². The molecule has 0 bridgehead atoms. The highest BCUT2D eigenvalue weighted by molar-refractivity contribution is 8.02. The smallest absolute Gasteiger partial charge is 0.368 e. The third kappa shape index (κ3) is 5.72. The average molecular weight is 556 g/mol. The third-order valence-electron chi connectivity index (χ3n) is 7.77. The molecule has 2 heterocycles. The van der Waals surface area contributed by atoms with Crippen LogP contribution in [0.5, 0.6) is 0 Å². The summed E-state index contributed by atoms with van der Waals surface area (Å²) in [6.45, 7) is 15.2. The van der Waals surface area contributed by atoms with Gasteiger partial charge in [0.2, 0.25) is 5.91 Å². The van der Waals surface area contributed by atoms with Gasteiger partial charge in [0.1, 0.15) is 5.70 Å². The van der Waals surface area contributed by atoms with Gasteiger partial charge in [-0.3, -0.25) is 4.79 Å². The summed E-state index contributed by atoms with van der Waals surface area (Å²) in [5.74, 6) is -0.0493. The first-order valence-electron chi connectivity index (χ1n) is 12.8. The van der Waals surface area contributed by atoms with Crippen LogP contribution in [0.2, 0.25) is 18.1 Å². The molecule has 0 radical (unpaired) electrons. The Balaban J connectivity index is 1.57. The van der Waals surface area contributed by atoms with Gasteiger partial charge in [-0.15, -0.1) is 11.8 Å². The number of hydrogen-bond acceptors (Lipinski definition) is 6. The van der Waals surface area contributed by atoms with E-state index in [1.807, 2.05) is 55.5 Å². The van der Waals surface area contributed by atoms with Crippen LogP contribution in [0.3, 0.4) is 0 Å². The van der Waals surface area contributed by atoms with E-state index in [1.165, 1.54) is 5.56 Å². The fourth-order valence-corrected chi connectivity index (χ4v) is 7.93. The number of carbonyl (C=O) groups excluding carboxylic acids is 2. The zero-order chi connectivity index (χ0) is 27.0. The van der Waals surface area contributed by atoms with Crippen LogP contribution in [0.1, 0.15) is 40.2 Å². The van der Waals surface area contributed by atoms with Crippen molar-refractivity contribution in [2.24, 2.45) is 11.8 Å². The summed E-state index contributed by atoms with van der Waals surface area (Å²) in [6, 6.07) is 19.6. The molecule has 198 valence electrons. The highest BCUT2D eigenvalue weighted by Gasteiger charge is 2.61. The van der Waals surface area contributed by atoms with Crippen LogP contribution < -0.4 is 0 Å². The molecule has 1 fully saturated rings. The summed E-state index contributed by atoms with van der Waals surface area (Å²) < 4.78 is 12.3. The van der Waals surface area contributed by atoms with Gasteiger partial charge in [0.15, 0.2) is 8.32 Å². The summed E-state index contributed by atoms with van der Waals surface area (Å²) >= 11 is 2.66. The van der Waals surface area contributed by atoms with E-state index >= 15 is 0 Å². The second-order valence-corrected chi connectivity index (χ2v) is 17.9. The number of benzene rings is 2. The molecule has 2 aliphatic rings. The molecule has 8 heteroatoms. The molecule has 2 aliphatic heterocycles. The Morgan fingerprint density at radius 3 is 2.24 bits per heavy atom. The monoisotopic (exact) mass is 555 g/mol. The van der Waals surface area contributed by atoms with E-state index in [9.17, 15) is 9.59 Å². The largest absolute Gasteiger partial charge is 0.413 e. The number of rotatable bonds is 9. The van der Waals surface area contributed by atoms with Gasteiger partial charge in [-0.2, -0.15) is 0 Å². The van der Waals surface area contributed by atoms with Crippen molar-refractivity contribution in [1.82, 2.24) is 4.90 Å². The minimum atomic E-state index is -2.06. The van der Waals surface area contributed by atoms with Crippen molar-refractivity contribution in [2.45, 2.75) is 75.5 Å². The number of β-lactam (4-membered cyclic amide) rings is 1. The van der Waals surface area contributed by atoms with E-state index in [0.29, 0.717) is 5.70 Å². The molecule has 2 aromatic rings. The van der Waals surface area contributed by atoms with Gasteiger partial charge >= 0.3 is 5.97 Å². The number of thioether (sulfide) groups is 1. The van der Waals surface area contributed by atoms with Crippen molar-refractivity contribution in [3.8, 4) is 0 Å². The van der Waals surface area contributed by atoms with Gasteiger partial charge in [0, 0.05) is 21.5 Å². The standard InChI is InChI=1S/C29H37NO4S2Si/c1-19-24-23(20(2)34-37(6,7)29(3,4)5)27(31)30(24)25(26(19)35-18-21-14-10-8-11-15-21)28(32)33-36-22-16-12-9-13-17-22/h8-17,19-20,23-24H,18H2,1-7H3/t19-,20?,23-,24-/m1/s1. The van der Waals surface area contributed by atoms with Gasteiger partial charge in [0.25, 0.3) is 0 Å². The van der Waals surface area contributed by atoms with Gasteiger partial charge in [0.05, 0.1) is 30.1 Å². The molecular formula is C29H37NO4S2Si. The summed E-state index contributed by atoms with van der Waals surface area (Å²) in [4.78, 5) is 30.4. The lowest BCUT2D eigenvalue weighted by atomic mass is 9.79. The molecule has 0 saturated carbocycles. The number of carbonyl (C=O) groups is 2. The molecule has 0 N–H and O–H groups in total. The minimum Gasteiger partial charge on any atom is -0.413 e. The van der Waals surface area contributed by atoms with Crippen molar-refractivity contribution < 1.29 is 18.2 Å². The Morgan fingerprint density at radius 2 is 1.65 bits per heavy atom. The molecule has 1 amide bonds. The molecular weight excluding hydrogens is 519 g/mol. The van der Waals surface area contributed by atoms with Crippen molar-refractivity contribution in [1.29, 1.82) is 0 Å². The maximum Gasteiger partial charge on any atom is 0.368 e. The maximum absolute atomic E-state index is 13.6. The van der Waals surface area contributed by atoms with Gasteiger partial charge in [-0.25, -0.2) is 4.79 Å². The van der Waals surface area contributed by atoms with Crippen LogP contribution in [-0.2, 0) is 24.0 Å². The lowest BCUT2D eigenvalue weighted by molar-refractivity contribution is -0.161. The Bertz CT molecular complexity index is 1160. The first-order valence-corrected chi connectivity index (χ1v) is 17.4. The average Bonchev–Trinajstić information content (AvgIpc) is 3.09. The van der Waals surface area contributed by atoms with Crippen molar-refractivity contribution in [3.63, 3.8) is 0 Å². The molecule has 1 saturated heterocycles. The van der Waals surface area contributed by atoms with Crippen LogP contribution in [0.15, 0.2) is 76.2 Å². The molecule has 0 aliphatic carbocycles. The summed E-state index contributed by atoms with van der Waals surface area (Å²) in [5.41, 5.74) is 1.56. The predicted molar refractivity (Wildman–Crippen MR) is 154 cm³/mol. The van der Waals surface area contributed by atoms with E-state index in [2.05, 4.69) is 52.9 Å². The number of hydrogen-bond donors (Lipinski definition) is 0. The predicted octanol–water partition coefficient (Wildman–Crippen LogP) is 7.27. The topological polar surface area (TPSA) is 55.8 Å². The Hall–Kier alpha value is -2.00. The first-order chi connectivity index (χ1) is 17.4. The molecule has 2 aromatic carbocycles. The van der Waals surface area contributed by atoms with Crippen LogP contribution in [0.25, 0.3) is 0 Å². The minimum absolute atomic E-state index is 0.0196. The molecule has 0 aromatic heterocycles. The van der Waals surface area contributed by atoms with E-state index < -0.39 is 14.3 Å². The molecule has 0 spiro atoms. The molecule has 4 atom stereocenters. The van der Waals surface area contributed by atoms with Gasteiger partial charge in [-0.05, 0) is 42.8 Å². The van der Waals surface area contributed by atoms with Gasteiger partial charge in [-0.1, -0.05) is 76.2 Å². The zero-order valence-corrected chi connectivity index (χ0v) is 25.3. The first kappa shape index (κ1) is 28.0. The molecule has 1 unspecified atom stereocenters. The Labute approximate surface area is 230 Å². The second kappa shape index (κ2) is 11.0. The Kier molecular flexibility index (Phi) is 8.33. The summed E-state index contributed by atoms with van der Waals surface area (Å²) in [5, 5.41) is 0.0492. The molecule has 4 rings (SSSR count). The van der Waals surface area contributed by atoms with Crippen LogP contribution >= 0.6 is 23.8 Å². The lowest BCUT2D eigenvalue weighted by Gasteiger charge is -2.50. The number of fused-ring (bicyclic) bond motifs is 1. The third-order valence-corrected chi connectivity index (χ3v) is 14.4. The number of nitrogens with zero attached hydrogens (tertiary/aromatic N) is 1. The SMILES string of the molecule is CC(O[Si](C)(C)C(C)(C)C)[C@H]1C(=O)N2C(C(=O)OSc3ccccc3)=C(SCc3ccccc3)[C@H](C)[C@H]12.